The van der Waals surface area contributed by atoms with Crippen molar-refractivity contribution in [2.75, 3.05) is 31.5 Å². The number of likely N-dealkylation sites (tertiary alicyclic amines) is 1. The zero-order chi connectivity index (χ0) is 18.9. The Labute approximate surface area is 160 Å². The molecule has 1 fully saturated rings. The van der Waals surface area contributed by atoms with Gasteiger partial charge in [-0.1, -0.05) is 48.5 Å². The fraction of sp³-hybridized carbons (Fsp3) is 0.364. The number of nitrogens with one attached hydrogen (secondary N) is 2. The van der Waals surface area contributed by atoms with Gasteiger partial charge in [-0.15, -0.1) is 0 Å². The van der Waals surface area contributed by atoms with Crippen LogP contribution in [0.2, 0.25) is 0 Å². The van der Waals surface area contributed by atoms with E-state index in [0.717, 1.165) is 38.9 Å². The van der Waals surface area contributed by atoms with Crippen LogP contribution in [0.4, 0.5) is 5.69 Å². The maximum absolute atomic E-state index is 12.0. The fourth-order valence-corrected chi connectivity index (χ4v) is 3.37. The lowest BCUT2D eigenvalue weighted by Gasteiger charge is -2.32. The molecular weight excluding hydrogens is 338 g/mol. The summed E-state index contributed by atoms with van der Waals surface area (Å²) in [4.78, 5) is 26.4. The topological polar surface area (TPSA) is 61.4 Å². The van der Waals surface area contributed by atoms with Crippen LogP contribution >= 0.6 is 0 Å². The first-order valence-electron chi connectivity index (χ1n) is 9.61. The average molecular weight is 365 g/mol. The molecule has 2 amide bonds. The van der Waals surface area contributed by atoms with E-state index >= 15 is 0 Å². The number of carbonyl (C=O) groups excluding carboxylic acids is 2. The summed E-state index contributed by atoms with van der Waals surface area (Å²) in [6, 6.07) is 19.6. The van der Waals surface area contributed by atoms with E-state index in [4.69, 9.17) is 0 Å². The summed E-state index contributed by atoms with van der Waals surface area (Å²) in [6.45, 7) is 3.73. The minimum absolute atomic E-state index is 0.437. The van der Waals surface area contributed by atoms with Gasteiger partial charge in [0.25, 0.3) is 0 Å². The molecule has 0 atom stereocenters. The normalized spacial score (nSPS) is 15.3. The molecule has 0 spiro atoms. The van der Waals surface area contributed by atoms with Crippen molar-refractivity contribution >= 4 is 17.5 Å². The number of piperidine rings is 1. The monoisotopic (exact) mass is 365 g/mol. The van der Waals surface area contributed by atoms with Gasteiger partial charge in [0.05, 0.1) is 0 Å². The van der Waals surface area contributed by atoms with Gasteiger partial charge >= 0.3 is 11.8 Å². The third kappa shape index (κ3) is 6.22. The van der Waals surface area contributed by atoms with E-state index in [2.05, 4.69) is 39.8 Å². The molecular formula is C22H27N3O2. The highest BCUT2D eigenvalue weighted by atomic mass is 16.2. The first-order chi connectivity index (χ1) is 13.2. The lowest BCUT2D eigenvalue weighted by molar-refractivity contribution is -0.136. The quantitative estimate of drug-likeness (QED) is 0.774. The predicted molar refractivity (Wildman–Crippen MR) is 107 cm³/mol. The van der Waals surface area contributed by atoms with Crippen LogP contribution in [0.15, 0.2) is 60.7 Å². The molecule has 0 bridgehead atoms. The number of anilines is 1. The molecule has 5 nitrogen and oxygen atoms in total. The molecule has 1 saturated heterocycles. The van der Waals surface area contributed by atoms with Crippen LogP contribution < -0.4 is 10.6 Å². The zero-order valence-corrected chi connectivity index (χ0v) is 15.6. The Morgan fingerprint density at radius 2 is 1.52 bits per heavy atom. The van der Waals surface area contributed by atoms with Gasteiger partial charge in [0, 0.05) is 18.8 Å². The summed E-state index contributed by atoms with van der Waals surface area (Å²) in [7, 11) is 0. The smallest absolute Gasteiger partial charge is 0.313 e. The van der Waals surface area contributed by atoms with Gasteiger partial charge < -0.3 is 15.5 Å². The molecule has 1 aliphatic heterocycles. The Balaban J connectivity index is 1.33. The van der Waals surface area contributed by atoms with E-state index in [9.17, 15) is 9.59 Å². The number of hydrogen-bond acceptors (Lipinski definition) is 3. The van der Waals surface area contributed by atoms with Crippen LogP contribution in [0, 0.1) is 5.92 Å². The standard InChI is InChI=1S/C22H27N3O2/c26-21(22(27)24-20-9-5-2-6-10-20)23-17-19-12-15-25(16-13-19)14-11-18-7-3-1-4-8-18/h1-10,19H,11-17H2,(H,23,26)(H,24,27). The number of rotatable bonds is 6. The van der Waals surface area contributed by atoms with E-state index in [-0.39, 0.29) is 0 Å². The molecule has 0 radical (unpaired) electrons. The Kier molecular flexibility index (Phi) is 6.99. The van der Waals surface area contributed by atoms with E-state index in [1.165, 1.54) is 5.56 Å². The molecule has 0 unspecified atom stereocenters. The second-order valence-corrected chi connectivity index (χ2v) is 7.05. The van der Waals surface area contributed by atoms with Crippen molar-refractivity contribution in [1.82, 2.24) is 10.2 Å². The van der Waals surface area contributed by atoms with Crippen LogP contribution in [0.5, 0.6) is 0 Å². The second kappa shape index (κ2) is 9.88. The van der Waals surface area contributed by atoms with Crippen LogP contribution in [0.25, 0.3) is 0 Å². The number of benzene rings is 2. The minimum atomic E-state index is -0.610. The molecule has 2 aromatic carbocycles. The summed E-state index contributed by atoms with van der Waals surface area (Å²) in [6.07, 6.45) is 3.17. The molecule has 0 aliphatic carbocycles. The lowest BCUT2D eigenvalue weighted by atomic mass is 9.96. The molecule has 1 aliphatic rings. The number of carbonyl (C=O) groups is 2. The maximum atomic E-state index is 12.0. The highest BCUT2D eigenvalue weighted by Crippen LogP contribution is 2.17. The van der Waals surface area contributed by atoms with Crippen LogP contribution in [-0.2, 0) is 16.0 Å². The Morgan fingerprint density at radius 3 is 2.19 bits per heavy atom. The molecule has 0 saturated carbocycles. The lowest BCUT2D eigenvalue weighted by Crippen LogP contribution is -2.42. The van der Waals surface area contributed by atoms with Crippen LogP contribution in [-0.4, -0.2) is 42.9 Å². The fourth-order valence-electron chi connectivity index (χ4n) is 3.37. The van der Waals surface area contributed by atoms with Crippen molar-refractivity contribution in [2.45, 2.75) is 19.3 Å². The first kappa shape index (κ1) is 19.1. The third-order valence-corrected chi connectivity index (χ3v) is 5.06. The summed E-state index contributed by atoms with van der Waals surface area (Å²) < 4.78 is 0. The van der Waals surface area contributed by atoms with Crippen LogP contribution in [0.1, 0.15) is 18.4 Å². The van der Waals surface area contributed by atoms with E-state index in [1.54, 1.807) is 12.1 Å². The zero-order valence-electron chi connectivity index (χ0n) is 15.6. The molecule has 0 aromatic heterocycles. The van der Waals surface area contributed by atoms with E-state index < -0.39 is 11.8 Å². The van der Waals surface area contributed by atoms with Gasteiger partial charge in [-0.2, -0.15) is 0 Å². The van der Waals surface area contributed by atoms with Gasteiger partial charge in [0.1, 0.15) is 0 Å². The van der Waals surface area contributed by atoms with Crippen molar-refractivity contribution in [1.29, 1.82) is 0 Å². The second-order valence-electron chi connectivity index (χ2n) is 7.05. The van der Waals surface area contributed by atoms with Gasteiger partial charge in [0.2, 0.25) is 0 Å². The Morgan fingerprint density at radius 1 is 0.889 bits per heavy atom. The Bertz CT molecular complexity index is 726. The van der Waals surface area contributed by atoms with Gasteiger partial charge in [-0.25, -0.2) is 0 Å². The SMILES string of the molecule is O=C(NCC1CCN(CCc2ccccc2)CC1)C(=O)Nc1ccccc1. The summed E-state index contributed by atoms with van der Waals surface area (Å²) in [5.74, 6) is -0.738. The first-order valence-corrected chi connectivity index (χ1v) is 9.61. The molecule has 2 N–H and O–H groups in total. The third-order valence-electron chi connectivity index (χ3n) is 5.06. The highest BCUT2D eigenvalue weighted by Gasteiger charge is 2.21. The molecule has 5 heteroatoms. The number of nitrogens with zero attached hydrogens (tertiary/aromatic N) is 1. The van der Waals surface area contributed by atoms with Crippen molar-refractivity contribution in [3.63, 3.8) is 0 Å². The van der Waals surface area contributed by atoms with Gasteiger partial charge in [-0.05, 0) is 56.0 Å². The number of amides is 2. The highest BCUT2D eigenvalue weighted by molar-refractivity contribution is 6.39. The Hall–Kier alpha value is -2.66. The maximum Gasteiger partial charge on any atom is 0.313 e. The van der Waals surface area contributed by atoms with E-state index in [0.29, 0.717) is 18.2 Å². The molecule has 27 heavy (non-hydrogen) atoms. The van der Waals surface area contributed by atoms with Crippen LogP contribution in [0.3, 0.4) is 0 Å². The number of hydrogen-bond donors (Lipinski definition) is 2. The molecule has 142 valence electrons. The van der Waals surface area contributed by atoms with Crippen molar-refractivity contribution in [3.8, 4) is 0 Å². The van der Waals surface area contributed by atoms with Gasteiger partial charge in [0.15, 0.2) is 0 Å². The van der Waals surface area contributed by atoms with Crippen molar-refractivity contribution in [3.05, 3.63) is 66.2 Å². The predicted octanol–water partition coefficient (Wildman–Crippen LogP) is 2.70. The number of para-hydroxylation sites is 1. The largest absolute Gasteiger partial charge is 0.348 e. The summed E-state index contributed by atoms with van der Waals surface area (Å²) in [5.41, 5.74) is 2.00. The minimum Gasteiger partial charge on any atom is -0.348 e. The van der Waals surface area contributed by atoms with Gasteiger partial charge in [-0.3, -0.25) is 9.59 Å². The average Bonchev–Trinajstić information content (AvgIpc) is 2.72. The van der Waals surface area contributed by atoms with Crippen molar-refractivity contribution in [2.24, 2.45) is 5.92 Å². The van der Waals surface area contributed by atoms with Crippen molar-refractivity contribution < 1.29 is 9.59 Å². The molecule has 3 rings (SSSR count). The molecule has 1 heterocycles. The summed E-state index contributed by atoms with van der Waals surface area (Å²) >= 11 is 0. The van der Waals surface area contributed by atoms with E-state index in [1.807, 2.05) is 24.3 Å². The molecule has 2 aromatic rings. The summed E-state index contributed by atoms with van der Waals surface area (Å²) in [5, 5.41) is 5.39.